The van der Waals surface area contributed by atoms with E-state index in [1.165, 1.54) is 7.11 Å². The lowest BCUT2D eigenvalue weighted by Crippen LogP contribution is -2.29. The third-order valence-electron chi connectivity index (χ3n) is 6.32. The van der Waals surface area contributed by atoms with Gasteiger partial charge in [0.25, 0.3) is 0 Å². The highest BCUT2D eigenvalue weighted by molar-refractivity contribution is 6.04. The number of nitrogens with one attached hydrogen (secondary N) is 3. The fourth-order valence-electron chi connectivity index (χ4n) is 4.16. The average Bonchev–Trinajstić information content (AvgIpc) is 2.95. The minimum absolute atomic E-state index is 0.135. The van der Waals surface area contributed by atoms with Crippen molar-refractivity contribution in [1.82, 2.24) is 19.9 Å². The maximum absolute atomic E-state index is 14.1. The monoisotopic (exact) mass is 613 g/mol. The number of para-hydroxylation sites is 1. The molecule has 0 radical (unpaired) electrons. The molecule has 0 fully saturated rings. The van der Waals surface area contributed by atoms with Crippen LogP contribution in [0.5, 0.6) is 5.75 Å². The molecule has 0 aliphatic rings. The van der Waals surface area contributed by atoms with Crippen LogP contribution in [0.25, 0.3) is 0 Å². The van der Waals surface area contributed by atoms with Crippen LogP contribution in [-0.4, -0.2) is 86.9 Å². The molecule has 0 bridgehead atoms. The first-order valence-corrected chi connectivity index (χ1v) is 13.5. The molecule has 0 unspecified atom stereocenters. The van der Waals surface area contributed by atoms with Gasteiger partial charge in [0, 0.05) is 57.7 Å². The summed E-state index contributed by atoms with van der Waals surface area (Å²) in [5.74, 6) is -0.677. The van der Waals surface area contributed by atoms with Crippen LogP contribution >= 0.6 is 0 Å². The summed E-state index contributed by atoms with van der Waals surface area (Å²) in [5, 5.41) is 14.5. The highest BCUT2D eigenvalue weighted by atomic mass is 19.4. The molecule has 44 heavy (non-hydrogen) atoms. The number of rotatable bonds is 13. The number of carbonyl (C=O) groups excluding carboxylic acids is 1. The third-order valence-corrected chi connectivity index (χ3v) is 6.32. The molecule has 3 aromatic rings. The van der Waals surface area contributed by atoms with Crippen molar-refractivity contribution >= 4 is 46.1 Å². The van der Waals surface area contributed by atoms with Crippen LogP contribution in [0.1, 0.15) is 18.1 Å². The molecule has 14 heteroatoms. The standard InChI is InChI=1S/C30H38F3N9O2/c1-9-27(43)35-23-16-24(26(44-8)17-25(23)42(7)15-14-40(3)4)37-29-34-18-21(30(31,32)33)28(38-29)36-22-13-11-10-12-20(22)19(2)39-41(5)6/h9-13,16-18H,1,14-15H2,2-8H3,(H,35,43)(H2,34,36,37,38)/b39-19+. The van der Waals surface area contributed by atoms with Gasteiger partial charge in [0.05, 0.1) is 29.9 Å². The Labute approximate surface area is 255 Å². The lowest BCUT2D eigenvalue weighted by Gasteiger charge is -2.26. The SMILES string of the molecule is C=CC(=O)Nc1cc(Nc2ncc(C(F)(F)F)c(Nc3ccccc3/C(C)=N/N(C)C)n2)c(OC)cc1N(C)CCN(C)C. The number of hydrogen-bond acceptors (Lipinski definition) is 10. The Balaban J connectivity index is 2.08. The second-order valence-electron chi connectivity index (χ2n) is 10.3. The molecule has 3 rings (SSSR count). The van der Waals surface area contributed by atoms with Gasteiger partial charge in [-0.1, -0.05) is 24.8 Å². The van der Waals surface area contributed by atoms with Crippen LogP contribution in [0.4, 0.5) is 47.7 Å². The van der Waals surface area contributed by atoms with E-state index in [1.807, 2.05) is 30.9 Å². The lowest BCUT2D eigenvalue weighted by molar-refractivity contribution is -0.137. The Morgan fingerprint density at radius 2 is 1.75 bits per heavy atom. The van der Waals surface area contributed by atoms with E-state index in [0.717, 1.165) is 12.6 Å². The predicted molar refractivity (Wildman–Crippen MR) is 170 cm³/mol. The van der Waals surface area contributed by atoms with E-state index in [9.17, 15) is 18.0 Å². The molecule has 2 aromatic carbocycles. The van der Waals surface area contributed by atoms with Crippen molar-refractivity contribution in [2.45, 2.75) is 13.1 Å². The number of halogens is 3. The molecule has 3 N–H and O–H groups in total. The highest BCUT2D eigenvalue weighted by Gasteiger charge is 2.35. The van der Waals surface area contributed by atoms with Crippen molar-refractivity contribution < 1.29 is 22.7 Å². The van der Waals surface area contributed by atoms with Crippen molar-refractivity contribution in [2.75, 3.05) is 76.3 Å². The Morgan fingerprint density at radius 3 is 2.36 bits per heavy atom. The number of benzene rings is 2. The zero-order valence-electron chi connectivity index (χ0n) is 25.9. The van der Waals surface area contributed by atoms with Gasteiger partial charge in [-0.05, 0) is 39.2 Å². The van der Waals surface area contributed by atoms with Gasteiger partial charge >= 0.3 is 6.18 Å². The maximum atomic E-state index is 14.1. The first-order chi connectivity index (χ1) is 20.7. The molecule has 1 aromatic heterocycles. The molecule has 0 aliphatic heterocycles. The normalized spacial score (nSPS) is 11.7. The summed E-state index contributed by atoms with van der Waals surface area (Å²) < 4.78 is 47.8. The fourth-order valence-corrected chi connectivity index (χ4v) is 4.16. The van der Waals surface area contributed by atoms with Gasteiger partial charge < -0.3 is 35.5 Å². The van der Waals surface area contributed by atoms with Crippen molar-refractivity contribution in [2.24, 2.45) is 5.10 Å². The van der Waals surface area contributed by atoms with Crippen molar-refractivity contribution in [1.29, 1.82) is 0 Å². The number of hydrogen-bond donors (Lipinski definition) is 3. The number of anilines is 6. The van der Waals surface area contributed by atoms with Crippen LogP contribution in [0.3, 0.4) is 0 Å². The minimum Gasteiger partial charge on any atom is -0.494 e. The number of likely N-dealkylation sites (N-methyl/N-ethyl adjacent to an activating group) is 2. The van der Waals surface area contributed by atoms with Crippen LogP contribution in [0.2, 0.25) is 0 Å². The Hall–Kier alpha value is -4.85. The van der Waals surface area contributed by atoms with E-state index in [1.54, 1.807) is 62.4 Å². The van der Waals surface area contributed by atoms with Gasteiger partial charge in [0.15, 0.2) is 0 Å². The van der Waals surface area contributed by atoms with Gasteiger partial charge in [-0.2, -0.15) is 23.3 Å². The molecule has 0 atom stereocenters. The zero-order valence-corrected chi connectivity index (χ0v) is 25.9. The molecule has 0 saturated heterocycles. The molecule has 236 valence electrons. The zero-order chi connectivity index (χ0) is 32.6. The van der Waals surface area contributed by atoms with Gasteiger partial charge in [0.1, 0.15) is 17.1 Å². The summed E-state index contributed by atoms with van der Waals surface area (Å²) >= 11 is 0. The summed E-state index contributed by atoms with van der Waals surface area (Å²) in [5.41, 5.74) is 1.92. The molecular weight excluding hydrogens is 575 g/mol. The highest BCUT2D eigenvalue weighted by Crippen LogP contribution is 2.39. The summed E-state index contributed by atoms with van der Waals surface area (Å²) in [6, 6.07) is 10.2. The largest absolute Gasteiger partial charge is 0.494 e. The molecule has 1 heterocycles. The number of aromatic nitrogens is 2. The molecule has 0 aliphatic carbocycles. The smallest absolute Gasteiger partial charge is 0.421 e. The topological polar surface area (TPSA) is 110 Å². The van der Waals surface area contributed by atoms with Gasteiger partial charge in [-0.25, -0.2) is 4.98 Å². The summed E-state index contributed by atoms with van der Waals surface area (Å²) in [7, 11) is 10.7. The minimum atomic E-state index is -4.73. The molecular formula is C30H38F3N9O2. The van der Waals surface area contributed by atoms with E-state index in [2.05, 4.69) is 37.6 Å². The number of amides is 1. The quantitative estimate of drug-likeness (QED) is 0.133. The van der Waals surface area contributed by atoms with E-state index in [4.69, 9.17) is 4.74 Å². The maximum Gasteiger partial charge on any atom is 0.421 e. The fraction of sp³-hybridized carbons (Fsp3) is 0.333. The Kier molecular flexibility index (Phi) is 11.1. The number of carbonyl (C=O) groups is 1. The van der Waals surface area contributed by atoms with Gasteiger partial charge in [0.2, 0.25) is 11.9 Å². The molecule has 11 nitrogen and oxygen atoms in total. The van der Waals surface area contributed by atoms with Crippen molar-refractivity contribution in [3.8, 4) is 5.75 Å². The van der Waals surface area contributed by atoms with Gasteiger partial charge in [-0.3, -0.25) is 4.79 Å². The first-order valence-electron chi connectivity index (χ1n) is 13.5. The van der Waals surface area contributed by atoms with Crippen LogP contribution in [0, 0.1) is 0 Å². The summed E-state index contributed by atoms with van der Waals surface area (Å²) in [4.78, 5) is 24.4. The third kappa shape index (κ3) is 8.83. The molecule has 0 spiro atoms. The number of hydrazone groups is 1. The van der Waals surface area contributed by atoms with E-state index in [0.29, 0.717) is 52.5 Å². The lowest BCUT2D eigenvalue weighted by atomic mass is 10.1. The number of methoxy groups -OCH3 is 1. The van der Waals surface area contributed by atoms with Crippen LogP contribution < -0.4 is 25.6 Å². The number of nitrogens with zero attached hydrogens (tertiary/aromatic N) is 6. The number of alkyl halides is 3. The van der Waals surface area contributed by atoms with Crippen LogP contribution in [-0.2, 0) is 11.0 Å². The predicted octanol–water partition coefficient (Wildman–Crippen LogP) is 5.40. The van der Waals surface area contributed by atoms with E-state index < -0.39 is 23.5 Å². The number of ether oxygens (including phenoxy) is 1. The van der Waals surface area contributed by atoms with E-state index >= 15 is 0 Å². The Bertz CT molecular complexity index is 1510. The second-order valence-corrected chi connectivity index (χ2v) is 10.3. The Morgan fingerprint density at radius 1 is 1.05 bits per heavy atom. The summed E-state index contributed by atoms with van der Waals surface area (Å²) in [6.07, 6.45) is -2.89. The van der Waals surface area contributed by atoms with Crippen molar-refractivity contribution in [3.05, 3.63) is 66.4 Å². The average molecular weight is 614 g/mol. The second kappa shape index (κ2) is 14.6. The van der Waals surface area contributed by atoms with Gasteiger partial charge in [-0.15, -0.1) is 0 Å². The molecule has 1 amide bonds. The van der Waals surface area contributed by atoms with Crippen LogP contribution in [0.15, 0.2) is 60.4 Å². The summed E-state index contributed by atoms with van der Waals surface area (Å²) in [6.45, 7) is 6.65. The molecule has 0 saturated carbocycles. The van der Waals surface area contributed by atoms with E-state index in [-0.39, 0.29) is 5.95 Å². The first kappa shape index (κ1) is 33.6. The van der Waals surface area contributed by atoms with Crippen molar-refractivity contribution in [3.63, 3.8) is 0 Å².